The Bertz CT molecular complexity index is 981. The predicted octanol–water partition coefficient (Wildman–Crippen LogP) is 4.46. The number of rotatable bonds is 6. The minimum absolute atomic E-state index is 0.150. The average Bonchev–Trinajstić information content (AvgIpc) is 3.13. The molecule has 0 unspecified atom stereocenters. The van der Waals surface area contributed by atoms with Gasteiger partial charge in [-0.3, -0.25) is 4.79 Å². The molecule has 0 radical (unpaired) electrons. The summed E-state index contributed by atoms with van der Waals surface area (Å²) in [5, 5.41) is 0.703. The van der Waals surface area contributed by atoms with E-state index in [-0.39, 0.29) is 23.3 Å². The first-order chi connectivity index (χ1) is 13.1. The second-order valence-electron chi connectivity index (χ2n) is 5.59. The highest BCUT2D eigenvalue weighted by Crippen LogP contribution is 2.30. The number of amides is 1. The molecule has 7 heteroatoms. The largest absolute Gasteiger partial charge is 0.496 e. The number of esters is 1. The smallest absolute Gasteiger partial charge is 0.341 e. The molecule has 0 bridgehead atoms. The van der Waals surface area contributed by atoms with E-state index < -0.39 is 5.97 Å². The highest BCUT2D eigenvalue weighted by Gasteiger charge is 2.25. The van der Waals surface area contributed by atoms with Gasteiger partial charge in [0.1, 0.15) is 11.3 Å². The summed E-state index contributed by atoms with van der Waals surface area (Å²) in [6.07, 6.45) is 0. The van der Waals surface area contributed by atoms with Crippen molar-refractivity contribution < 1.29 is 23.5 Å². The molecule has 140 valence electrons. The molecule has 0 saturated carbocycles. The highest BCUT2D eigenvalue weighted by molar-refractivity contribution is 6.18. The second-order valence-corrected chi connectivity index (χ2v) is 5.81. The van der Waals surface area contributed by atoms with Crippen LogP contribution in [0.4, 0.5) is 5.69 Å². The van der Waals surface area contributed by atoms with Crippen molar-refractivity contribution in [1.82, 2.24) is 0 Å². The van der Waals surface area contributed by atoms with Crippen LogP contribution in [0.5, 0.6) is 5.75 Å². The normalized spacial score (nSPS) is 10.6. The number of carbonyl (C=O) groups excluding carboxylic acids is 2. The quantitative estimate of drug-likeness (QED) is 0.461. The number of nitrogens with zero attached hydrogens (tertiary/aromatic N) is 1. The van der Waals surface area contributed by atoms with Gasteiger partial charge in [-0.05, 0) is 31.2 Å². The van der Waals surface area contributed by atoms with Crippen molar-refractivity contribution >= 4 is 40.1 Å². The van der Waals surface area contributed by atoms with E-state index >= 15 is 0 Å². The van der Waals surface area contributed by atoms with Crippen LogP contribution in [0.3, 0.4) is 0 Å². The molecule has 0 N–H and O–H groups in total. The Balaban J connectivity index is 2.02. The van der Waals surface area contributed by atoms with Gasteiger partial charge in [0, 0.05) is 12.6 Å². The SMILES string of the molecule is CCN(C(=O)c1cc2c(OC)cccc2o1)c1ccccc1C(=O)OCCl. The fraction of sp³-hybridized carbons (Fsp3) is 0.200. The first kappa shape index (κ1) is 18.8. The van der Waals surface area contributed by atoms with E-state index in [1.165, 1.54) is 4.90 Å². The van der Waals surface area contributed by atoms with Crippen molar-refractivity contribution in [3.8, 4) is 5.75 Å². The van der Waals surface area contributed by atoms with Gasteiger partial charge >= 0.3 is 5.97 Å². The molecule has 6 nitrogen and oxygen atoms in total. The lowest BCUT2D eigenvalue weighted by molar-refractivity contribution is 0.0575. The van der Waals surface area contributed by atoms with E-state index in [0.717, 1.165) is 0 Å². The molecule has 0 fully saturated rings. The van der Waals surface area contributed by atoms with E-state index in [1.54, 1.807) is 55.6 Å². The number of ether oxygens (including phenoxy) is 2. The summed E-state index contributed by atoms with van der Waals surface area (Å²) >= 11 is 5.49. The van der Waals surface area contributed by atoms with Crippen LogP contribution < -0.4 is 9.64 Å². The van der Waals surface area contributed by atoms with Crippen molar-refractivity contribution in [2.24, 2.45) is 0 Å². The Hall–Kier alpha value is -2.99. The lowest BCUT2D eigenvalue weighted by atomic mass is 10.1. The van der Waals surface area contributed by atoms with Crippen molar-refractivity contribution in [2.45, 2.75) is 6.92 Å². The summed E-state index contributed by atoms with van der Waals surface area (Å²) in [5.74, 6) is -0.207. The number of alkyl halides is 1. The van der Waals surface area contributed by atoms with E-state index in [4.69, 9.17) is 25.5 Å². The van der Waals surface area contributed by atoms with Gasteiger partial charge in [0.15, 0.2) is 11.8 Å². The van der Waals surface area contributed by atoms with Crippen LogP contribution in [-0.4, -0.2) is 31.6 Å². The third-order valence-corrected chi connectivity index (χ3v) is 4.22. The number of anilines is 1. The number of benzene rings is 2. The third kappa shape index (κ3) is 3.61. The molecule has 3 rings (SSSR count). The van der Waals surface area contributed by atoms with Crippen molar-refractivity contribution in [2.75, 3.05) is 24.6 Å². The number of fused-ring (bicyclic) bond motifs is 1. The maximum Gasteiger partial charge on any atom is 0.341 e. The van der Waals surface area contributed by atoms with Gasteiger partial charge in [-0.1, -0.05) is 29.8 Å². The van der Waals surface area contributed by atoms with E-state index in [1.807, 2.05) is 6.92 Å². The topological polar surface area (TPSA) is 69.0 Å². The molecule has 0 aliphatic carbocycles. The molecular formula is C20H18ClNO5. The zero-order valence-corrected chi connectivity index (χ0v) is 15.7. The number of furan rings is 1. The maximum absolute atomic E-state index is 13.1. The molecule has 3 aromatic rings. The van der Waals surface area contributed by atoms with Gasteiger partial charge in [-0.2, -0.15) is 0 Å². The molecule has 1 amide bonds. The summed E-state index contributed by atoms with van der Waals surface area (Å²) in [7, 11) is 1.56. The number of methoxy groups -OCH3 is 1. The zero-order valence-electron chi connectivity index (χ0n) is 14.9. The van der Waals surface area contributed by atoms with Crippen molar-refractivity contribution in [3.63, 3.8) is 0 Å². The Morgan fingerprint density at radius 2 is 1.93 bits per heavy atom. The predicted molar refractivity (Wildman–Crippen MR) is 103 cm³/mol. The van der Waals surface area contributed by atoms with Crippen molar-refractivity contribution in [1.29, 1.82) is 0 Å². The minimum Gasteiger partial charge on any atom is -0.496 e. The molecule has 0 spiro atoms. The number of halogens is 1. The van der Waals surface area contributed by atoms with Gasteiger partial charge in [0.2, 0.25) is 0 Å². The summed E-state index contributed by atoms with van der Waals surface area (Å²) in [6.45, 7) is 2.14. The summed E-state index contributed by atoms with van der Waals surface area (Å²) in [5.41, 5.74) is 1.22. The first-order valence-electron chi connectivity index (χ1n) is 8.31. The fourth-order valence-corrected chi connectivity index (χ4v) is 2.98. The third-order valence-electron chi connectivity index (χ3n) is 4.11. The van der Waals surface area contributed by atoms with Gasteiger partial charge in [-0.25, -0.2) is 4.79 Å². The molecule has 1 aromatic heterocycles. The van der Waals surface area contributed by atoms with Crippen LogP contribution in [0.2, 0.25) is 0 Å². The Kier molecular flexibility index (Phi) is 5.66. The van der Waals surface area contributed by atoms with Gasteiger partial charge in [0.05, 0.1) is 23.7 Å². The number of carbonyl (C=O) groups is 2. The standard InChI is InChI=1S/C20H18ClNO5/c1-3-22(15-8-5-4-7-13(15)20(24)26-12-21)19(23)18-11-14-16(25-2)9-6-10-17(14)27-18/h4-11H,3,12H2,1-2H3. The summed E-state index contributed by atoms with van der Waals surface area (Å²) < 4.78 is 15.9. The number of para-hydroxylation sites is 1. The van der Waals surface area contributed by atoms with E-state index in [0.29, 0.717) is 29.0 Å². The Labute approximate surface area is 161 Å². The van der Waals surface area contributed by atoms with Crippen LogP contribution in [0.1, 0.15) is 27.8 Å². The van der Waals surface area contributed by atoms with Crippen LogP contribution >= 0.6 is 11.6 Å². The number of hydrogen-bond acceptors (Lipinski definition) is 5. The van der Waals surface area contributed by atoms with Gasteiger partial charge < -0.3 is 18.8 Å². The van der Waals surface area contributed by atoms with Crippen LogP contribution in [-0.2, 0) is 4.74 Å². The monoisotopic (exact) mass is 387 g/mol. The molecular weight excluding hydrogens is 370 g/mol. The first-order valence-corrected chi connectivity index (χ1v) is 8.84. The summed E-state index contributed by atoms with van der Waals surface area (Å²) in [4.78, 5) is 26.7. The zero-order chi connectivity index (χ0) is 19.4. The fourth-order valence-electron chi connectivity index (χ4n) is 2.88. The van der Waals surface area contributed by atoms with Gasteiger partial charge in [0.25, 0.3) is 5.91 Å². The molecule has 0 aliphatic rings. The van der Waals surface area contributed by atoms with E-state index in [2.05, 4.69) is 0 Å². The Morgan fingerprint density at radius 1 is 1.15 bits per heavy atom. The van der Waals surface area contributed by atoms with Crippen molar-refractivity contribution in [3.05, 3.63) is 59.9 Å². The van der Waals surface area contributed by atoms with E-state index in [9.17, 15) is 9.59 Å². The second kappa shape index (κ2) is 8.14. The van der Waals surface area contributed by atoms with Crippen LogP contribution in [0.25, 0.3) is 11.0 Å². The number of hydrogen-bond donors (Lipinski definition) is 0. The lowest BCUT2D eigenvalue weighted by Crippen LogP contribution is -2.31. The van der Waals surface area contributed by atoms with Gasteiger partial charge in [-0.15, -0.1) is 0 Å². The molecule has 2 aromatic carbocycles. The lowest BCUT2D eigenvalue weighted by Gasteiger charge is -2.22. The molecule has 0 atom stereocenters. The molecule has 0 saturated heterocycles. The van der Waals surface area contributed by atoms with Crippen LogP contribution in [0, 0.1) is 0 Å². The molecule has 1 heterocycles. The summed E-state index contributed by atoms with van der Waals surface area (Å²) in [6, 6.07) is 13.4. The van der Waals surface area contributed by atoms with Crippen LogP contribution in [0.15, 0.2) is 52.9 Å². The molecule has 27 heavy (non-hydrogen) atoms. The maximum atomic E-state index is 13.1. The Morgan fingerprint density at radius 3 is 2.63 bits per heavy atom. The minimum atomic E-state index is -0.599. The highest BCUT2D eigenvalue weighted by atomic mass is 35.5. The molecule has 0 aliphatic heterocycles. The average molecular weight is 388 g/mol.